The summed E-state index contributed by atoms with van der Waals surface area (Å²) in [5.74, 6) is -2.89. The number of nitrogens with one attached hydrogen (secondary N) is 2. The average molecular weight is 510 g/mol. The van der Waals surface area contributed by atoms with Gasteiger partial charge in [-0.1, -0.05) is 60.7 Å². The first-order valence-electron chi connectivity index (χ1n) is 11.5. The highest BCUT2D eigenvalue weighted by Gasteiger charge is 2.52. The van der Waals surface area contributed by atoms with Gasteiger partial charge in [-0.3, -0.25) is 10.6 Å². The number of hydrogen-bond acceptors (Lipinski definition) is 9. The van der Waals surface area contributed by atoms with Crippen molar-refractivity contribution in [2.75, 3.05) is 13.2 Å². The molecule has 0 aliphatic carbocycles. The second kappa shape index (κ2) is 12.4. The summed E-state index contributed by atoms with van der Waals surface area (Å²) in [7, 11) is 0. The van der Waals surface area contributed by atoms with Crippen LogP contribution in [0.2, 0.25) is 0 Å². The Kier molecular flexibility index (Phi) is 9.05. The van der Waals surface area contributed by atoms with Gasteiger partial charge in [0.2, 0.25) is 5.82 Å². The van der Waals surface area contributed by atoms with Crippen molar-refractivity contribution in [2.45, 2.75) is 32.5 Å². The van der Waals surface area contributed by atoms with Crippen LogP contribution in [-0.2, 0) is 32.0 Å². The Bertz CT molecular complexity index is 1230. The number of amides is 1. The third kappa shape index (κ3) is 6.35. The molecule has 0 spiro atoms. The molecule has 1 aromatic heterocycles. The van der Waals surface area contributed by atoms with Gasteiger partial charge in [-0.25, -0.2) is 19.4 Å². The van der Waals surface area contributed by atoms with Crippen molar-refractivity contribution in [1.82, 2.24) is 20.2 Å². The predicted molar refractivity (Wildman–Crippen MR) is 131 cm³/mol. The van der Waals surface area contributed by atoms with Gasteiger partial charge in [-0.2, -0.15) is 0 Å². The Balaban J connectivity index is 2.04. The van der Waals surface area contributed by atoms with E-state index in [2.05, 4.69) is 15.6 Å². The second-order valence-electron chi connectivity index (χ2n) is 7.75. The maximum Gasteiger partial charge on any atom is 0.417 e. The number of esters is 2. The van der Waals surface area contributed by atoms with Crippen LogP contribution in [0.4, 0.5) is 10.6 Å². The third-order valence-electron chi connectivity index (χ3n) is 5.27. The molecule has 2 N–H and O–H groups in total. The third-order valence-corrected chi connectivity index (χ3v) is 5.27. The fourth-order valence-electron chi connectivity index (χ4n) is 3.53. The number of rotatable bonds is 11. The van der Waals surface area contributed by atoms with Crippen LogP contribution in [0.3, 0.4) is 0 Å². The van der Waals surface area contributed by atoms with E-state index in [9.17, 15) is 24.5 Å². The molecule has 0 aliphatic heterocycles. The minimum atomic E-state index is -2.50. The maximum atomic E-state index is 13.5. The summed E-state index contributed by atoms with van der Waals surface area (Å²) in [4.78, 5) is 54.8. The molecule has 12 heteroatoms. The number of benzene rings is 2. The number of nitrogens with zero attached hydrogens (tertiary/aromatic N) is 3. The molecule has 0 aliphatic rings. The van der Waals surface area contributed by atoms with Gasteiger partial charge in [0.25, 0.3) is 5.66 Å². The molecule has 2 aromatic carbocycles. The highest BCUT2D eigenvalue weighted by Crippen LogP contribution is 2.19. The highest BCUT2D eigenvalue weighted by atomic mass is 16.6. The smallest absolute Gasteiger partial charge is 0.417 e. The quantitative estimate of drug-likeness (QED) is 0.130. The molecule has 194 valence electrons. The zero-order valence-corrected chi connectivity index (χ0v) is 20.4. The molecule has 3 rings (SSSR count). The SMILES string of the molecule is CCOC(=O)C(NCc1ccccc1)(NC(=O)n1c([N+](=O)[O-])cnc1Cc1ccccc1)C(=O)OCC. The van der Waals surface area contributed by atoms with E-state index in [-0.39, 0.29) is 32.0 Å². The summed E-state index contributed by atoms with van der Waals surface area (Å²) >= 11 is 0. The van der Waals surface area contributed by atoms with Crippen molar-refractivity contribution in [3.05, 3.63) is 93.9 Å². The molecular weight excluding hydrogens is 482 g/mol. The normalized spacial score (nSPS) is 11.0. The molecule has 3 aromatic rings. The zero-order chi connectivity index (χ0) is 26.8. The van der Waals surface area contributed by atoms with Crippen LogP contribution in [-0.4, -0.2) is 51.3 Å². The molecule has 0 unspecified atom stereocenters. The lowest BCUT2D eigenvalue weighted by Gasteiger charge is -2.30. The van der Waals surface area contributed by atoms with E-state index in [1.165, 1.54) is 13.8 Å². The number of imidazole rings is 1. The molecule has 12 nitrogen and oxygen atoms in total. The Morgan fingerprint density at radius 1 is 0.946 bits per heavy atom. The lowest BCUT2D eigenvalue weighted by atomic mass is 10.1. The lowest BCUT2D eigenvalue weighted by Crippen LogP contribution is -2.70. The van der Waals surface area contributed by atoms with Gasteiger partial charge in [0.05, 0.1) is 19.6 Å². The first-order chi connectivity index (χ1) is 17.8. The molecule has 0 saturated carbocycles. The summed E-state index contributed by atoms with van der Waals surface area (Å²) in [5.41, 5.74) is -1.07. The molecule has 0 atom stereocenters. The maximum absolute atomic E-state index is 13.5. The number of carbonyl (C=O) groups is 3. The van der Waals surface area contributed by atoms with Gasteiger partial charge < -0.3 is 19.6 Å². The summed E-state index contributed by atoms with van der Waals surface area (Å²) < 4.78 is 10.9. The van der Waals surface area contributed by atoms with Gasteiger partial charge in [0.1, 0.15) is 6.20 Å². The van der Waals surface area contributed by atoms with E-state index < -0.39 is 34.4 Å². The average Bonchev–Trinajstić information content (AvgIpc) is 3.32. The van der Waals surface area contributed by atoms with Crippen LogP contribution < -0.4 is 10.6 Å². The minimum absolute atomic E-state index is 0.0278. The van der Waals surface area contributed by atoms with Crippen LogP contribution in [0.25, 0.3) is 0 Å². The van der Waals surface area contributed by atoms with Gasteiger partial charge in [0.15, 0.2) is 0 Å². The molecule has 37 heavy (non-hydrogen) atoms. The Hall–Kier alpha value is -4.58. The number of hydrogen-bond donors (Lipinski definition) is 2. The van der Waals surface area contributed by atoms with E-state index in [1.807, 2.05) is 0 Å². The van der Waals surface area contributed by atoms with Crippen molar-refractivity contribution < 1.29 is 28.8 Å². The van der Waals surface area contributed by atoms with E-state index in [0.29, 0.717) is 10.1 Å². The Morgan fingerprint density at radius 3 is 2.00 bits per heavy atom. The van der Waals surface area contributed by atoms with Gasteiger partial charge in [0, 0.05) is 6.54 Å². The second-order valence-corrected chi connectivity index (χ2v) is 7.75. The number of aromatic nitrogens is 2. The fourth-order valence-corrected chi connectivity index (χ4v) is 3.53. The first-order valence-corrected chi connectivity index (χ1v) is 11.5. The standard InChI is InChI=1S/C25H27N5O7/c1-3-36-22(31)25(23(32)37-4-2,27-16-19-13-9-6-10-14-19)28-24(33)29-20(26-17-21(29)30(34)35)15-18-11-7-5-8-12-18/h5-14,17,27H,3-4,15-16H2,1-2H3,(H,28,33). The van der Waals surface area contributed by atoms with Crippen LogP contribution in [0.5, 0.6) is 0 Å². The Morgan fingerprint density at radius 2 is 1.49 bits per heavy atom. The predicted octanol–water partition coefficient (Wildman–Crippen LogP) is 2.55. The van der Waals surface area contributed by atoms with E-state index in [0.717, 1.165) is 11.8 Å². The zero-order valence-electron chi connectivity index (χ0n) is 20.4. The molecule has 0 fully saturated rings. The fraction of sp³-hybridized carbons (Fsp3) is 0.280. The topological polar surface area (TPSA) is 155 Å². The van der Waals surface area contributed by atoms with Crippen LogP contribution in [0, 0.1) is 10.1 Å². The van der Waals surface area contributed by atoms with Crippen molar-refractivity contribution >= 4 is 23.8 Å². The monoisotopic (exact) mass is 509 g/mol. The molecule has 1 amide bonds. The molecular formula is C25H27N5O7. The van der Waals surface area contributed by atoms with Gasteiger partial charge >= 0.3 is 23.8 Å². The summed E-state index contributed by atoms with van der Waals surface area (Å²) in [5, 5.41) is 16.8. The molecule has 0 bridgehead atoms. The number of ether oxygens (including phenoxy) is 2. The van der Waals surface area contributed by atoms with Crippen LogP contribution in [0.1, 0.15) is 30.8 Å². The van der Waals surface area contributed by atoms with Crippen LogP contribution >= 0.6 is 0 Å². The van der Waals surface area contributed by atoms with Gasteiger partial charge in [-0.15, -0.1) is 4.57 Å². The molecule has 1 heterocycles. The Labute approximate surface area is 212 Å². The minimum Gasteiger partial charge on any atom is -0.463 e. The number of carbonyl (C=O) groups excluding carboxylic acids is 3. The van der Waals surface area contributed by atoms with E-state index >= 15 is 0 Å². The van der Waals surface area contributed by atoms with Crippen LogP contribution in [0.15, 0.2) is 66.9 Å². The van der Waals surface area contributed by atoms with Crippen molar-refractivity contribution in [1.29, 1.82) is 0 Å². The van der Waals surface area contributed by atoms with E-state index in [4.69, 9.17) is 9.47 Å². The van der Waals surface area contributed by atoms with Crippen molar-refractivity contribution in [3.63, 3.8) is 0 Å². The summed E-state index contributed by atoms with van der Waals surface area (Å²) in [6, 6.07) is 16.6. The van der Waals surface area contributed by atoms with Gasteiger partial charge in [-0.05, 0) is 29.9 Å². The number of nitro groups is 1. The molecule has 0 radical (unpaired) electrons. The lowest BCUT2D eigenvalue weighted by molar-refractivity contribution is -0.390. The first kappa shape index (κ1) is 27.0. The van der Waals surface area contributed by atoms with Crippen molar-refractivity contribution in [2.24, 2.45) is 0 Å². The summed E-state index contributed by atoms with van der Waals surface area (Å²) in [6.45, 7) is 2.82. The highest BCUT2D eigenvalue weighted by molar-refractivity contribution is 6.07. The summed E-state index contributed by atoms with van der Waals surface area (Å²) in [6.07, 6.45) is 1.01. The van der Waals surface area contributed by atoms with E-state index in [1.54, 1.807) is 60.7 Å². The molecule has 0 saturated heterocycles. The largest absolute Gasteiger partial charge is 0.463 e. The van der Waals surface area contributed by atoms with Crippen molar-refractivity contribution in [3.8, 4) is 0 Å².